The molecule has 0 aromatic heterocycles. The summed E-state index contributed by atoms with van der Waals surface area (Å²) in [5.41, 5.74) is 4.58. The van der Waals surface area contributed by atoms with Crippen molar-refractivity contribution in [1.82, 2.24) is 10.2 Å². The van der Waals surface area contributed by atoms with Gasteiger partial charge in [0.05, 0.1) is 0 Å². The first kappa shape index (κ1) is 22.8. The van der Waals surface area contributed by atoms with Gasteiger partial charge in [-0.2, -0.15) is 0 Å². The highest BCUT2D eigenvalue weighted by Gasteiger charge is 2.35. The van der Waals surface area contributed by atoms with E-state index in [1.165, 1.54) is 4.90 Å². The molecule has 1 aliphatic heterocycles. The number of carbonyl (C=O) groups is 3. The third-order valence-corrected chi connectivity index (χ3v) is 6.66. The number of likely N-dealkylation sites (tertiary alicyclic amines) is 1. The van der Waals surface area contributed by atoms with Crippen LogP contribution in [-0.4, -0.2) is 53.2 Å². The monoisotopic (exact) mass is 450 g/mol. The van der Waals surface area contributed by atoms with Crippen LogP contribution in [0.3, 0.4) is 0 Å². The maximum Gasteiger partial charge on any atom is 0.407 e. The normalized spacial score (nSPS) is 20.5. The second-order valence-corrected chi connectivity index (χ2v) is 9.15. The van der Waals surface area contributed by atoms with Crippen molar-refractivity contribution in [2.24, 2.45) is 5.92 Å². The highest BCUT2D eigenvalue weighted by Crippen LogP contribution is 2.44. The SMILES string of the molecule is CC1CCN(C(=O)CC(C)NC(=O)OCC2c3ccccc3-c3ccccc32)C(C(=O)O)C1. The molecule has 7 nitrogen and oxygen atoms in total. The van der Waals surface area contributed by atoms with Crippen LogP contribution < -0.4 is 5.32 Å². The second-order valence-electron chi connectivity index (χ2n) is 9.15. The van der Waals surface area contributed by atoms with Gasteiger partial charge in [0.1, 0.15) is 12.6 Å². The van der Waals surface area contributed by atoms with Crippen molar-refractivity contribution in [3.8, 4) is 11.1 Å². The number of hydrogen-bond acceptors (Lipinski definition) is 4. The molecule has 1 aliphatic carbocycles. The summed E-state index contributed by atoms with van der Waals surface area (Å²) in [6.45, 7) is 4.35. The van der Waals surface area contributed by atoms with E-state index in [2.05, 4.69) is 29.6 Å². The third-order valence-electron chi connectivity index (χ3n) is 6.66. The van der Waals surface area contributed by atoms with Gasteiger partial charge >= 0.3 is 12.1 Å². The molecule has 0 spiro atoms. The van der Waals surface area contributed by atoms with Gasteiger partial charge in [0.15, 0.2) is 0 Å². The van der Waals surface area contributed by atoms with E-state index in [0.29, 0.717) is 13.0 Å². The van der Waals surface area contributed by atoms with Crippen LogP contribution in [-0.2, 0) is 14.3 Å². The van der Waals surface area contributed by atoms with Gasteiger partial charge in [-0.05, 0) is 47.9 Å². The molecule has 1 heterocycles. The highest BCUT2D eigenvalue weighted by molar-refractivity contribution is 5.84. The van der Waals surface area contributed by atoms with Crippen LogP contribution in [0.5, 0.6) is 0 Å². The zero-order valence-electron chi connectivity index (χ0n) is 19.0. The molecule has 0 bridgehead atoms. The number of carboxylic acid groups (broad SMARTS) is 1. The lowest BCUT2D eigenvalue weighted by atomic mass is 9.92. The van der Waals surface area contributed by atoms with Gasteiger partial charge in [-0.1, -0.05) is 55.5 Å². The number of alkyl carbamates (subject to hydrolysis) is 1. The van der Waals surface area contributed by atoms with Gasteiger partial charge in [0, 0.05) is 24.9 Å². The molecule has 4 rings (SSSR count). The van der Waals surface area contributed by atoms with Crippen LogP contribution >= 0.6 is 0 Å². The van der Waals surface area contributed by atoms with E-state index in [0.717, 1.165) is 28.7 Å². The predicted octanol–water partition coefficient (Wildman–Crippen LogP) is 4.02. The standard InChI is InChI=1S/C26H30N2O5/c1-16-11-12-28(23(13-16)25(30)31)24(29)14-17(2)27-26(32)33-15-22-20-9-5-3-7-18(20)19-8-4-6-10-21(19)22/h3-10,16-17,22-23H,11-15H2,1-2H3,(H,27,32)(H,30,31). The Morgan fingerprint density at radius 2 is 1.70 bits per heavy atom. The number of carboxylic acids is 1. The number of rotatable bonds is 6. The van der Waals surface area contributed by atoms with Crippen molar-refractivity contribution in [1.29, 1.82) is 0 Å². The molecule has 2 N–H and O–H groups in total. The van der Waals surface area contributed by atoms with Gasteiger partial charge in [-0.3, -0.25) is 4.79 Å². The largest absolute Gasteiger partial charge is 0.480 e. The maximum absolute atomic E-state index is 12.7. The summed E-state index contributed by atoms with van der Waals surface area (Å²) in [5, 5.41) is 12.2. The molecule has 3 atom stereocenters. The van der Waals surface area contributed by atoms with Gasteiger partial charge < -0.3 is 20.1 Å². The Kier molecular flexibility index (Phi) is 6.67. The molecule has 0 radical (unpaired) electrons. The summed E-state index contributed by atoms with van der Waals surface area (Å²) >= 11 is 0. The van der Waals surface area contributed by atoms with Crippen LogP contribution in [0, 0.1) is 5.92 Å². The van der Waals surface area contributed by atoms with Gasteiger partial charge in [0.2, 0.25) is 5.91 Å². The van der Waals surface area contributed by atoms with E-state index in [9.17, 15) is 19.5 Å². The summed E-state index contributed by atoms with van der Waals surface area (Å²) in [6.07, 6.45) is 0.681. The molecule has 174 valence electrons. The number of carbonyl (C=O) groups excluding carboxylic acids is 2. The lowest BCUT2D eigenvalue weighted by molar-refractivity contribution is -0.153. The number of benzene rings is 2. The number of nitrogens with zero attached hydrogens (tertiary/aromatic N) is 1. The average molecular weight is 451 g/mol. The third kappa shape index (κ3) is 4.87. The van der Waals surface area contributed by atoms with E-state index in [4.69, 9.17) is 4.74 Å². The van der Waals surface area contributed by atoms with Crippen molar-refractivity contribution < 1.29 is 24.2 Å². The van der Waals surface area contributed by atoms with Crippen molar-refractivity contribution in [2.45, 2.75) is 51.1 Å². The van der Waals surface area contributed by atoms with Crippen LogP contribution in [0.4, 0.5) is 4.79 Å². The first-order valence-electron chi connectivity index (χ1n) is 11.5. The lowest BCUT2D eigenvalue weighted by Gasteiger charge is -2.36. The van der Waals surface area contributed by atoms with E-state index in [-0.39, 0.29) is 30.8 Å². The van der Waals surface area contributed by atoms with Crippen molar-refractivity contribution >= 4 is 18.0 Å². The fourth-order valence-corrected chi connectivity index (χ4v) is 4.95. The fourth-order valence-electron chi connectivity index (χ4n) is 4.95. The minimum Gasteiger partial charge on any atom is -0.480 e. The zero-order chi connectivity index (χ0) is 23.5. The molecule has 33 heavy (non-hydrogen) atoms. The number of aliphatic carboxylic acids is 1. The Balaban J connectivity index is 1.32. The van der Waals surface area contributed by atoms with E-state index in [1.54, 1.807) is 6.92 Å². The van der Waals surface area contributed by atoms with Crippen LogP contribution in [0.2, 0.25) is 0 Å². The second kappa shape index (κ2) is 9.65. The van der Waals surface area contributed by atoms with E-state index in [1.807, 2.05) is 31.2 Å². The number of piperidine rings is 1. The number of nitrogens with one attached hydrogen (secondary N) is 1. The first-order valence-corrected chi connectivity index (χ1v) is 11.5. The first-order chi connectivity index (χ1) is 15.8. The zero-order valence-corrected chi connectivity index (χ0v) is 19.0. The Morgan fingerprint density at radius 3 is 2.30 bits per heavy atom. The molecule has 2 aromatic carbocycles. The van der Waals surface area contributed by atoms with E-state index < -0.39 is 24.1 Å². The smallest absolute Gasteiger partial charge is 0.407 e. The minimum atomic E-state index is -0.980. The molecule has 3 unspecified atom stereocenters. The topological polar surface area (TPSA) is 95.9 Å². The molecule has 1 saturated heterocycles. The number of amides is 2. The molecule has 2 amide bonds. The van der Waals surface area contributed by atoms with Crippen molar-refractivity contribution in [3.63, 3.8) is 0 Å². The van der Waals surface area contributed by atoms with Crippen LogP contribution in [0.15, 0.2) is 48.5 Å². The van der Waals surface area contributed by atoms with Crippen molar-refractivity contribution in [2.75, 3.05) is 13.2 Å². The molecular weight excluding hydrogens is 420 g/mol. The Bertz CT molecular complexity index is 1010. The minimum absolute atomic E-state index is 0.0301. The van der Waals surface area contributed by atoms with Crippen LogP contribution in [0.25, 0.3) is 11.1 Å². The summed E-state index contributed by atoms with van der Waals surface area (Å²) in [7, 11) is 0. The molecule has 7 heteroatoms. The van der Waals surface area contributed by atoms with Gasteiger partial charge in [-0.15, -0.1) is 0 Å². The summed E-state index contributed by atoms with van der Waals surface area (Å²) < 4.78 is 5.54. The van der Waals surface area contributed by atoms with Crippen LogP contribution in [0.1, 0.15) is 50.2 Å². The molecule has 1 fully saturated rings. The fraction of sp³-hybridized carbons (Fsp3) is 0.423. The van der Waals surface area contributed by atoms with Gasteiger partial charge in [-0.25, -0.2) is 9.59 Å². The van der Waals surface area contributed by atoms with E-state index >= 15 is 0 Å². The highest BCUT2D eigenvalue weighted by atomic mass is 16.5. The maximum atomic E-state index is 12.7. The Hall–Kier alpha value is -3.35. The molecular formula is C26H30N2O5. The predicted molar refractivity (Wildman–Crippen MR) is 124 cm³/mol. The van der Waals surface area contributed by atoms with Gasteiger partial charge in [0.25, 0.3) is 0 Å². The molecule has 0 saturated carbocycles. The molecule has 2 aromatic rings. The molecule has 2 aliphatic rings. The number of hydrogen-bond donors (Lipinski definition) is 2. The lowest BCUT2D eigenvalue weighted by Crippen LogP contribution is -2.51. The number of fused-ring (bicyclic) bond motifs is 3. The Labute approximate surface area is 193 Å². The Morgan fingerprint density at radius 1 is 1.09 bits per heavy atom. The summed E-state index contributed by atoms with van der Waals surface area (Å²) in [6, 6.07) is 15.0. The average Bonchev–Trinajstić information content (AvgIpc) is 3.11. The van der Waals surface area contributed by atoms with Crippen molar-refractivity contribution in [3.05, 3.63) is 59.7 Å². The summed E-state index contributed by atoms with van der Waals surface area (Å²) in [4.78, 5) is 38.2. The quantitative estimate of drug-likeness (QED) is 0.693. The summed E-state index contributed by atoms with van der Waals surface area (Å²) in [5.74, 6) is -1.01. The number of ether oxygens (including phenoxy) is 1.